The zero-order valence-corrected chi connectivity index (χ0v) is 10.5. The monoisotopic (exact) mass is 244 g/mol. The van der Waals surface area contributed by atoms with E-state index in [1.54, 1.807) is 18.5 Å². The van der Waals surface area contributed by atoms with Crippen molar-refractivity contribution in [3.63, 3.8) is 0 Å². The van der Waals surface area contributed by atoms with Crippen molar-refractivity contribution in [1.82, 2.24) is 20.5 Å². The fourth-order valence-electron chi connectivity index (χ4n) is 1.52. The van der Waals surface area contributed by atoms with E-state index in [2.05, 4.69) is 20.5 Å². The highest BCUT2D eigenvalue weighted by atomic mass is 16.1. The number of aromatic nitrogens is 3. The van der Waals surface area contributed by atoms with Gasteiger partial charge < -0.3 is 5.32 Å². The minimum absolute atomic E-state index is 0.171. The number of carbonyl (C=O) groups excluding carboxylic acids is 1. The van der Waals surface area contributed by atoms with Crippen molar-refractivity contribution in [3.8, 4) is 0 Å². The van der Waals surface area contributed by atoms with Gasteiger partial charge in [-0.3, -0.25) is 14.9 Å². The van der Waals surface area contributed by atoms with E-state index in [4.69, 9.17) is 0 Å². The quantitative estimate of drug-likeness (QED) is 0.862. The minimum atomic E-state index is -0.171. The van der Waals surface area contributed by atoms with E-state index < -0.39 is 0 Å². The summed E-state index contributed by atoms with van der Waals surface area (Å²) in [6.07, 6.45) is 3.40. The summed E-state index contributed by atoms with van der Waals surface area (Å²) in [5, 5.41) is 9.68. The van der Waals surface area contributed by atoms with Gasteiger partial charge in [0.2, 0.25) is 0 Å². The van der Waals surface area contributed by atoms with E-state index in [1.807, 2.05) is 26.0 Å². The molecule has 0 spiro atoms. The highest BCUT2D eigenvalue weighted by Gasteiger charge is 2.11. The minimum Gasteiger partial charge on any atom is -0.347 e. The van der Waals surface area contributed by atoms with Gasteiger partial charge in [-0.1, -0.05) is 13.8 Å². The van der Waals surface area contributed by atoms with Crippen LogP contribution < -0.4 is 5.32 Å². The number of hydrogen-bond acceptors (Lipinski definition) is 3. The lowest BCUT2D eigenvalue weighted by Crippen LogP contribution is -2.23. The van der Waals surface area contributed by atoms with Crippen LogP contribution in [0.5, 0.6) is 0 Å². The molecule has 0 aromatic carbocycles. The maximum Gasteiger partial charge on any atom is 0.272 e. The van der Waals surface area contributed by atoms with E-state index in [9.17, 15) is 4.79 Å². The van der Waals surface area contributed by atoms with E-state index in [-0.39, 0.29) is 5.91 Å². The van der Waals surface area contributed by atoms with Gasteiger partial charge in [0.1, 0.15) is 5.69 Å². The topological polar surface area (TPSA) is 70.7 Å². The smallest absolute Gasteiger partial charge is 0.272 e. The van der Waals surface area contributed by atoms with Crippen LogP contribution in [0, 0.1) is 0 Å². The van der Waals surface area contributed by atoms with E-state index in [0.717, 1.165) is 11.3 Å². The summed E-state index contributed by atoms with van der Waals surface area (Å²) in [6.45, 7) is 4.57. The number of nitrogens with zero attached hydrogens (tertiary/aromatic N) is 2. The summed E-state index contributed by atoms with van der Waals surface area (Å²) in [4.78, 5) is 15.8. The van der Waals surface area contributed by atoms with Crippen molar-refractivity contribution in [2.45, 2.75) is 26.3 Å². The van der Waals surface area contributed by atoms with Gasteiger partial charge in [-0.25, -0.2) is 0 Å². The average Bonchev–Trinajstić information content (AvgIpc) is 2.87. The summed E-state index contributed by atoms with van der Waals surface area (Å²) in [5.41, 5.74) is 2.40. The Kier molecular flexibility index (Phi) is 3.72. The lowest BCUT2D eigenvalue weighted by Gasteiger charge is -2.02. The summed E-state index contributed by atoms with van der Waals surface area (Å²) < 4.78 is 0. The van der Waals surface area contributed by atoms with Crippen LogP contribution in [0.4, 0.5) is 0 Å². The molecule has 2 rings (SSSR count). The number of pyridine rings is 1. The van der Waals surface area contributed by atoms with Crippen LogP contribution in [0.3, 0.4) is 0 Å². The molecule has 0 saturated carbocycles. The molecule has 0 bridgehead atoms. The van der Waals surface area contributed by atoms with Gasteiger partial charge in [0.05, 0.1) is 0 Å². The predicted octanol–water partition coefficient (Wildman–Crippen LogP) is 1.86. The lowest BCUT2D eigenvalue weighted by molar-refractivity contribution is 0.0946. The highest BCUT2D eigenvalue weighted by molar-refractivity contribution is 5.92. The summed E-state index contributed by atoms with van der Waals surface area (Å²) in [6, 6.07) is 5.52. The van der Waals surface area contributed by atoms with Crippen molar-refractivity contribution >= 4 is 5.91 Å². The standard InChI is InChI=1S/C13H16N4O/c1-9(2)11-7-12(17-16-11)13(18)15-8-10-3-5-14-6-4-10/h3-7,9H,8H2,1-2H3,(H,15,18)(H,16,17). The molecule has 1 amide bonds. The summed E-state index contributed by atoms with van der Waals surface area (Å²) in [7, 11) is 0. The zero-order valence-electron chi connectivity index (χ0n) is 10.5. The maximum absolute atomic E-state index is 11.8. The molecular formula is C13H16N4O. The van der Waals surface area contributed by atoms with Crippen molar-refractivity contribution < 1.29 is 4.79 Å². The Morgan fingerprint density at radius 1 is 1.39 bits per heavy atom. The van der Waals surface area contributed by atoms with Gasteiger partial charge in [-0.15, -0.1) is 0 Å². The first kappa shape index (κ1) is 12.3. The van der Waals surface area contributed by atoms with Gasteiger partial charge in [-0.2, -0.15) is 5.10 Å². The fourth-order valence-corrected chi connectivity index (χ4v) is 1.52. The molecule has 2 N–H and O–H groups in total. The van der Waals surface area contributed by atoms with E-state index in [1.165, 1.54) is 0 Å². The number of carbonyl (C=O) groups is 1. The zero-order chi connectivity index (χ0) is 13.0. The van der Waals surface area contributed by atoms with Crippen molar-refractivity contribution in [2.24, 2.45) is 0 Å². The van der Waals surface area contributed by atoms with Crippen LogP contribution in [-0.4, -0.2) is 21.1 Å². The largest absolute Gasteiger partial charge is 0.347 e. The number of amides is 1. The second-order valence-electron chi connectivity index (χ2n) is 4.40. The first-order valence-corrected chi connectivity index (χ1v) is 5.89. The number of hydrogen-bond donors (Lipinski definition) is 2. The Morgan fingerprint density at radius 3 is 2.72 bits per heavy atom. The Labute approximate surface area is 106 Å². The Morgan fingerprint density at radius 2 is 2.11 bits per heavy atom. The van der Waals surface area contributed by atoms with Crippen LogP contribution in [0.15, 0.2) is 30.6 Å². The molecule has 0 unspecified atom stereocenters. The third-order valence-electron chi connectivity index (χ3n) is 2.65. The van der Waals surface area contributed by atoms with Gasteiger partial charge >= 0.3 is 0 Å². The van der Waals surface area contributed by atoms with Gasteiger partial charge in [-0.05, 0) is 29.7 Å². The molecule has 0 fully saturated rings. The van der Waals surface area contributed by atoms with Gasteiger partial charge in [0, 0.05) is 24.6 Å². The Bertz CT molecular complexity index is 519. The molecule has 18 heavy (non-hydrogen) atoms. The lowest BCUT2D eigenvalue weighted by atomic mass is 10.1. The van der Waals surface area contributed by atoms with Crippen LogP contribution in [0.1, 0.15) is 41.5 Å². The fraction of sp³-hybridized carbons (Fsp3) is 0.308. The van der Waals surface area contributed by atoms with Crippen molar-refractivity contribution in [3.05, 3.63) is 47.5 Å². The number of rotatable bonds is 4. The molecule has 0 aliphatic heterocycles. The second-order valence-corrected chi connectivity index (χ2v) is 4.40. The Balaban J connectivity index is 1.95. The third-order valence-corrected chi connectivity index (χ3v) is 2.65. The molecule has 5 heteroatoms. The first-order valence-electron chi connectivity index (χ1n) is 5.89. The molecule has 2 heterocycles. The van der Waals surface area contributed by atoms with Crippen LogP contribution >= 0.6 is 0 Å². The molecular weight excluding hydrogens is 228 g/mol. The van der Waals surface area contributed by atoms with Crippen LogP contribution in [0.25, 0.3) is 0 Å². The molecule has 94 valence electrons. The van der Waals surface area contributed by atoms with Gasteiger partial charge in [0.15, 0.2) is 0 Å². The Hall–Kier alpha value is -2.17. The number of H-pyrrole nitrogens is 1. The molecule has 0 radical (unpaired) electrons. The van der Waals surface area contributed by atoms with E-state index >= 15 is 0 Å². The first-order chi connectivity index (χ1) is 8.66. The molecule has 2 aromatic heterocycles. The molecule has 5 nitrogen and oxygen atoms in total. The molecule has 0 saturated heterocycles. The third kappa shape index (κ3) is 2.94. The molecule has 0 atom stereocenters. The normalized spacial score (nSPS) is 10.6. The van der Waals surface area contributed by atoms with E-state index in [0.29, 0.717) is 18.2 Å². The maximum atomic E-state index is 11.8. The highest BCUT2D eigenvalue weighted by Crippen LogP contribution is 2.11. The average molecular weight is 244 g/mol. The van der Waals surface area contributed by atoms with Crippen molar-refractivity contribution in [1.29, 1.82) is 0 Å². The van der Waals surface area contributed by atoms with Crippen LogP contribution in [-0.2, 0) is 6.54 Å². The predicted molar refractivity (Wildman–Crippen MR) is 68.1 cm³/mol. The summed E-state index contributed by atoms with van der Waals surface area (Å²) in [5.74, 6) is 0.161. The SMILES string of the molecule is CC(C)c1cc(C(=O)NCc2ccncc2)n[nH]1. The van der Waals surface area contributed by atoms with Crippen molar-refractivity contribution in [2.75, 3.05) is 0 Å². The summed E-state index contributed by atoms with van der Waals surface area (Å²) >= 11 is 0. The molecule has 0 aliphatic rings. The molecule has 2 aromatic rings. The number of aromatic amines is 1. The van der Waals surface area contributed by atoms with Crippen LogP contribution in [0.2, 0.25) is 0 Å². The van der Waals surface area contributed by atoms with Gasteiger partial charge in [0.25, 0.3) is 5.91 Å². The second kappa shape index (κ2) is 5.44. The molecule has 0 aliphatic carbocycles. The number of nitrogens with one attached hydrogen (secondary N) is 2.